The van der Waals surface area contributed by atoms with Gasteiger partial charge in [0.05, 0.1) is 0 Å². The van der Waals surface area contributed by atoms with E-state index in [-0.39, 0.29) is 18.0 Å². The van der Waals surface area contributed by atoms with Gasteiger partial charge in [-0.05, 0) is 29.2 Å². The Kier molecular flexibility index (Phi) is 3.78. The van der Waals surface area contributed by atoms with Crippen LogP contribution in [0.1, 0.15) is 37.4 Å². The second-order valence-electron chi connectivity index (χ2n) is 6.25. The minimum Gasteiger partial charge on any atom is -0.294 e. The van der Waals surface area contributed by atoms with Gasteiger partial charge in [0.2, 0.25) is 0 Å². The van der Waals surface area contributed by atoms with Gasteiger partial charge >= 0.3 is 0 Å². The van der Waals surface area contributed by atoms with Crippen LogP contribution in [0.3, 0.4) is 0 Å². The number of Topliss-reactive ketones (excluding diaryl/α,β-unsaturated/α-hetero) is 1. The van der Waals surface area contributed by atoms with E-state index in [1.165, 1.54) is 0 Å². The number of benzene rings is 3. The molecule has 0 fully saturated rings. The molecule has 3 heteroatoms. The third kappa shape index (κ3) is 2.50. The van der Waals surface area contributed by atoms with Crippen LogP contribution in [-0.4, -0.2) is 11.6 Å². The Bertz CT molecular complexity index is 1030. The average molecular weight is 347 g/mol. The molecule has 4 rings (SSSR count). The lowest BCUT2D eigenvalue weighted by Crippen LogP contribution is -2.10. The summed E-state index contributed by atoms with van der Waals surface area (Å²) in [6, 6.07) is 18.6. The maximum Gasteiger partial charge on any atom is 0.195 e. The molecule has 3 aromatic rings. The van der Waals surface area contributed by atoms with Crippen LogP contribution >= 0.6 is 11.6 Å². The van der Waals surface area contributed by atoms with Crippen LogP contribution in [0, 0.1) is 6.92 Å². The number of hydrogen-bond acceptors (Lipinski definition) is 2. The monoisotopic (exact) mass is 346 g/mol. The minimum absolute atomic E-state index is 0.0788. The molecule has 3 aromatic carbocycles. The summed E-state index contributed by atoms with van der Waals surface area (Å²) in [4.78, 5) is 25.7. The Morgan fingerprint density at radius 3 is 2.36 bits per heavy atom. The Morgan fingerprint density at radius 1 is 0.880 bits per heavy atom. The molecule has 1 aliphatic carbocycles. The lowest BCUT2D eigenvalue weighted by molar-refractivity contribution is 0.0977. The molecule has 0 aliphatic heterocycles. The molecule has 0 bridgehead atoms. The van der Waals surface area contributed by atoms with Gasteiger partial charge in [-0.2, -0.15) is 0 Å². The normalized spacial score (nSPS) is 12.0. The van der Waals surface area contributed by atoms with Crippen molar-refractivity contribution in [2.75, 3.05) is 0 Å². The smallest absolute Gasteiger partial charge is 0.195 e. The molecule has 0 heterocycles. The summed E-state index contributed by atoms with van der Waals surface area (Å²) < 4.78 is 0. The molecule has 0 amide bonds. The van der Waals surface area contributed by atoms with E-state index in [1.54, 1.807) is 6.07 Å². The number of carbonyl (C=O) groups is 2. The summed E-state index contributed by atoms with van der Waals surface area (Å²) in [6.45, 7) is 1.91. The summed E-state index contributed by atoms with van der Waals surface area (Å²) in [5.41, 5.74) is 5.09. The van der Waals surface area contributed by atoms with Gasteiger partial charge in [0, 0.05) is 28.1 Å². The third-order valence-electron chi connectivity index (χ3n) is 4.68. The van der Waals surface area contributed by atoms with E-state index in [4.69, 9.17) is 11.6 Å². The molecule has 0 unspecified atom stereocenters. The molecule has 0 saturated heterocycles. The first-order valence-corrected chi connectivity index (χ1v) is 8.50. The number of aryl methyl sites for hydroxylation is 1. The predicted molar refractivity (Wildman–Crippen MR) is 99.5 cm³/mol. The maximum absolute atomic E-state index is 12.9. The van der Waals surface area contributed by atoms with E-state index in [0.717, 1.165) is 22.3 Å². The van der Waals surface area contributed by atoms with E-state index in [0.29, 0.717) is 21.7 Å². The van der Waals surface area contributed by atoms with Gasteiger partial charge < -0.3 is 0 Å². The number of ketones is 2. The van der Waals surface area contributed by atoms with E-state index < -0.39 is 0 Å². The predicted octanol–water partition coefficient (Wildman–Crippen LogP) is 5.29. The average Bonchev–Trinajstić information content (AvgIpc) is 2.92. The number of fused-ring (bicyclic) bond motifs is 3. The second-order valence-corrected chi connectivity index (χ2v) is 6.63. The van der Waals surface area contributed by atoms with Gasteiger partial charge in [0.1, 0.15) is 0 Å². The third-order valence-corrected chi connectivity index (χ3v) is 5.22. The number of rotatable bonds is 3. The zero-order chi connectivity index (χ0) is 17.6. The van der Waals surface area contributed by atoms with Crippen molar-refractivity contribution in [2.24, 2.45) is 0 Å². The van der Waals surface area contributed by atoms with Gasteiger partial charge in [-0.3, -0.25) is 9.59 Å². The molecule has 0 radical (unpaired) electrons. The molecule has 2 nitrogen and oxygen atoms in total. The summed E-state index contributed by atoms with van der Waals surface area (Å²) in [5, 5.41) is 0.609. The van der Waals surface area contributed by atoms with E-state index >= 15 is 0 Å². The van der Waals surface area contributed by atoms with Crippen molar-refractivity contribution < 1.29 is 9.59 Å². The van der Waals surface area contributed by atoms with Crippen LogP contribution in [-0.2, 0) is 6.42 Å². The summed E-state index contributed by atoms with van der Waals surface area (Å²) in [6.07, 6.45) is 0.181. The molecule has 0 atom stereocenters. The number of hydrogen-bond donors (Lipinski definition) is 0. The zero-order valence-electron chi connectivity index (χ0n) is 13.7. The molecule has 0 N–H and O–H groups in total. The highest BCUT2D eigenvalue weighted by Crippen LogP contribution is 2.38. The van der Waals surface area contributed by atoms with Gasteiger partial charge in [-0.1, -0.05) is 72.3 Å². The van der Waals surface area contributed by atoms with Crippen molar-refractivity contribution in [3.8, 4) is 11.1 Å². The fraction of sp³-hybridized carbons (Fsp3) is 0.0909. The Morgan fingerprint density at radius 2 is 1.56 bits per heavy atom. The number of halogens is 1. The van der Waals surface area contributed by atoms with E-state index in [2.05, 4.69) is 0 Å². The second kappa shape index (κ2) is 5.98. The minimum atomic E-state index is -0.0921. The first-order chi connectivity index (χ1) is 12.1. The fourth-order valence-corrected chi connectivity index (χ4v) is 3.61. The van der Waals surface area contributed by atoms with Crippen LogP contribution in [0.15, 0.2) is 60.7 Å². The van der Waals surface area contributed by atoms with E-state index in [9.17, 15) is 9.59 Å². The summed E-state index contributed by atoms with van der Waals surface area (Å²) >= 11 is 6.32. The molecule has 122 valence electrons. The topological polar surface area (TPSA) is 34.1 Å². The van der Waals surface area contributed by atoms with Gasteiger partial charge in [0.25, 0.3) is 0 Å². The molecule has 0 saturated carbocycles. The highest BCUT2D eigenvalue weighted by atomic mass is 35.5. The Hall–Kier alpha value is -2.71. The summed E-state index contributed by atoms with van der Waals surface area (Å²) in [7, 11) is 0. The molecule has 25 heavy (non-hydrogen) atoms. The fourth-order valence-electron chi connectivity index (χ4n) is 3.42. The van der Waals surface area contributed by atoms with Crippen molar-refractivity contribution >= 4 is 23.2 Å². The van der Waals surface area contributed by atoms with Crippen LogP contribution in [0.4, 0.5) is 0 Å². The Balaban J connectivity index is 1.77. The Labute approximate surface area is 151 Å². The quantitative estimate of drug-likeness (QED) is 0.473. The summed E-state index contributed by atoms with van der Waals surface area (Å²) in [5.74, 6) is -0.171. The van der Waals surface area contributed by atoms with E-state index in [1.807, 2.05) is 61.5 Å². The SMILES string of the molecule is Cc1cccc(CC(=O)c2cccc3c2C(=O)c2ccccc2-3)c1Cl. The lowest BCUT2D eigenvalue weighted by Gasteiger charge is -2.09. The molecule has 1 aliphatic rings. The maximum atomic E-state index is 12.9. The van der Waals surface area contributed by atoms with Crippen LogP contribution in [0.25, 0.3) is 11.1 Å². The van der Waals surface area contributed by atoms with Gasteiger partial charge in [-0.25, -0.2) is 0 Å². The zero-order valence-corrected chi connectivity index (χ0v) is 14.4. The standard InChI is InChI=1S/C22H15ClO2/c1-13-6-4-7-14(21(13)23)12-19(24)18-11-5-10-16-15-8-2-3-9-17(15)22(25)20(16)18/h2-11H,12H2,1H3. The van der Waals surface area contributed by atoms with Crippen molar-refractivity contribution in [3.63, 3.8) is 0 Å². The molecule has 0 spiro atoms. The molecular formula is C22H15ClO2. The van der Waals surface area contributed by atoms with Crippen LogP contribution in [0.2, 0.25) is 5.02 Å². The lowest BCUT2D eigenvalue weighted by atomic mass is 9.94. The highest BCUT2D eigenvalue weighted by Gasteiger charge is 2.30. The first kappa shape index (κ1) is 15.8. The van der Waals surface area contributed by atoms with Crippen molar-refractivity contribution in [1.82, 2.24) is 0 Å². The van der Waals surface area contributed by atoms with Crippen molar-refractivity contribution in [1.29, 1.82) is 0 Å². The van der Waals surface area contributed by atoms with Gasteiger partial charge in [-0.15, -0.1) is 0 Å². The van der Waals surface area contributed by atoms with Crippen LogP contribution < -0.4 is 0 Å². The molecule has 0 aromatic heterocycles. The number of carbonyl (C=O) groups excluding carboxylic acids is 2. The van der Waals surface area contributed by atoms with Gasteiger partial charge in [0.15, 0.2) is 11.6 Å². The van der Waals surface area contributed by atoms with Crippen molar-refractivity contribution in [2.45, 2.75) is 13.3 Å². The van der Waals surface area contributed by atoms with Crippen molar-refractivity contribution in [3.05, 3.63) is 93.5 Å². The van der Waals surface area contributed by atoms with Crippen LogP contribution in [0.5, 0.6) is 0 Å². The largest absolute Gasteiger partial charge is 0.294 e. The highest BCUT2D eigenvalue weighted by molar-refractivity contribution is 6.32. The first-order valence-electron chi connectivity index (χ1n) is 8.12. The molecular weight excluding hydrogens is 332 g/mol.